The third-order valence-corrected chi connectivity index (χ3v) is 0.816. The fourth-order valence-corrected chi connectivity index (χ4v) is 0.408. The Bertz CT molecular complexity index is 50.1. The average molecular weight is 174 g/mol. The van der Waals surface area contributed by atoms with Gasteiger partial charge in [0.2, 0.25) is 0 Å². The van der Waals surface area contributed by atoms with Gasteiger partial charge >= 0.3 is 0 Å². The first-order chi connectivity index (χ1) is 5.83. The van der Waals surface area contributed by atoms with Crippen LogP contribution in [0.15, 0.2) is 0 Å². The minimum Gasteiger partial charge on any atom is -0.382 e. The van der Waals surface area contributed by atoms with E-state index in [1.807, 2.05) is 27.7 Å². The fourth-order valence-electron chi connectivity index (χ4n) is 0.408. The lowest BCUT2D eigenvalue weighted by molar-refractivity contribution is 0.162. The molecule has 0 aromatic heterocycles. The summed E-state index contributed by atoms with van der Waals surface area (Å²) in [6, 6.07) is 0. The van der Waals surface area contributed by atoms with Crippen molar-refractivity contribution in [1.29, 1.82) is 0 Å². The molecule has 0 radical (unpaired) electrons. The fraction of sp³-hybridized carbons (Fsp3) is 0.800. The molecule has 0 atom stereocenters. The first-order valence-electron chi connectivity index (χ1n) is 4.32. The average Bonchev–Trinajstić information content (AvgIpc) is 2.12. The molecule has 0 fully saturated rings. The van der Waals surface area contributed by atoms with Crippen LogP contribution in [-0.4, -0.2) is 26.4 Å². The van der Waals surface area contributed by atoms with Gasteiger partial charge in [0.25, 0.3) is 0 Å². The van der Waals surface area contributed by atoms with Gasteiger partial charge in [0.05, 0.1) is 0 Å². The second-order valence-electron chi connectivity index (χ2n) is 1.56. The molecule has 2 heteroatoms. The summed E-state index contributed by atoms with van der Waals surface area (Å²) in [6.07, 6.45) is 8.00. The van der Waals surface area contributed by atoms with Crippen molar-refractivity contribution in [2.75, 3.05) is 26.4 Å². The lowest BCUT2D eigenvalue weighted by Gasteiger charge is -1.86. The monoisotopic (exact) mass is 174 g/mol. The number of rotatable bonds is 4. The first-order valence-corrected chi connectivity index (χ1v) is 4.32. The Hall–Kier alpha value is -0.520. The van der Waals surface area contributed by atoms with Crippen LogP contribution < -0.4 is 0 Å². The van der Waals surface area contributed by atoms with Crippen molar-refractivity contribution < 1.29 is 9.47 Å². The maximum Gasteiger partial charge on any atom is 0.0437 e. The SMILES string of the molecule is C#C.CCOCC.CCOCC. The molecule has 0 spiro atoms. The van der Waals surface area contributed by atoms with Crippen LogP contribution >= 0.6 is 0 Å². The Balaban J connectivity index is -0.000000112. The third-order valence-electron chi connectivity index (χ3n) is 0.816. The molecule has 0 saturated carbocycles. The minimum atomic E-state index is 0.844. The second kappa shape index (κ2) is 31.4. The molecule has 0 aliphatic heterocycles. The zero-order valence-electron chi connectivity index (χ0n) is 8.80. The number of hydrogen-bond donors (Lipinski definition) is 0. The Labute approximate surface area is 77.3 Å². The van der Waals surface area contributed by atoms with Crippen LogP contribution in [0.4, 0.5) is 0 Å². The van der Waals surface area contributed by atoms with Crippen molar-refractivity contribution in [2.45, 2.75) is 27.7 Å². The van der Waals surface area contributed by atoms with Crippen LogP contribution in [-0.2, 0) is 9.47 Å². The summed E-state index contributed by atoms with van der Waals surface area (Å²) in [4.78, 5) is 0. The van der Waals surface area contributed by atoms with Crippen molar-refractivity contribution in [3.05, 3.63) is 0 Å². The van der Waals surface area contributed by atoms with E-state index in [4.69, 9.17) is 9.47 Å². The van der Waals surface area contributed by atoms with E-state index in [1.165, 1.54) is 0 Å². The van der Waals surface area contributed by atoms with Gasteiger partial charge in [0, 0.05) is 26.4 Å². The molecular weight excluding hydrogens is 152 g/mol. The van der Waals surface area contributed by atoms with E-state index in [1.54, 1.807) is 0 Å². The van der Waals surface area contributed by atoms with Crippen LogP contribution in [0.25, 0.3) is 0 Å². The molecule has 0 aliphatic carbocycles. The lowest BCUT2D eigenvalue weighted by Crippen LogP contribution is -1.84. The molecule has 0 aromatic carbocycles. The third kappa shape index (κ3) is 56.3. The highest BCUT2D eigenvalue weighted by Gasteiger charge is 1.64. The van der Waals surface area contributed by atoms with E-state index in [-0.39, 0.29) is 0 Å². The van der Waals surface area contributed by atoms with Crippen LogP contribution in [0, 0.1) is 12.8 Å². The number of terminal acetylenes is 1. The molecule has 2 nitrogen and oxygen atoms in total. The molecule has 74 valence electrons. The van der Waals surface area contributed by atoms with E-state index in [0.717, 1.165) is 26.4 Å². The molecule has 0 rings (SSSR count). The highest BCUT2D eigenvalue weighted by molar-refractivity contribution is 4.47. The Morgan fingerprint density at radius 3 is 0.833 bits per heavy atom. The van der Waals surface area contributed by atoms with Gasteiger partial charge in [0.15, 0.2) is 0 Å². The molecule has 0 aliphatic rings. The predicted molar refractivity (Wildman–Crippen MR) is 54.2 cm³/mol. The van der Waals surface area contributed by atoms with Gasteiger partial charge in [-0.3, -0.25) is 0 Å². The summed E-state index contributed by atoms with van der Waals surface area (Å²) in [5.41, 5.74) is 0. The molecule has 0 unspecified atom stereocenters. The van der Waals surface area contributed by atoms with Crippen molar-refractivity contribution in [2.24, 2.45) is 0 Å². The molecule has 0 aromatic rings. The van der Waals surface area contributed by atoms with Gasteiger partial charge in [-0.05, 0) is 27.7 Å². The molecule has 0 N–H and O–H groups in total. The Kier molecular flexibility index (Phi) is 45.8. The molecular formula is C10H22O2. The summed E-state index contributed by atoms with van der Waals surface area (Å²) in [7, 11) is 0. The summed E-state index contributed by atoms with van der Waals surface area (Å²) in [5, 5.41) is 0. The van der Waals surface area contributed by atoms with Gasteiger partial charge in [0.1, 0.15) is 0 Å². The zero-order chi connectivity index (χ0) is 10.2. The van der Waals surface area contributed by atoms with E-state index in [2.05, 4.69) is 12.8 Å². The van der Waals surface area contributed by atoms with Gasteiger partial charge in [-0.15, -0.1) is 12.8 Å². The Morgan fingerprint density at radius 1 is 0.667 bits per heavy atom. The highest BCUT2D eigenvalue weighted by Crippen LogP contribution is 1.64. The highest BCUT2D eigenvalue weighted by atomic mass is 16.5. The molecule has 12 heavy (non-hydrogen) atoms. The van der Waals surface area contributed by atoms with E-state index >= 15 is 0 Å². The molecule has 0 heterocycles. The molecule has 0 saturated heterocycles. The standard InChI is InChI=1S/2C4H10O.C2H2/c2*1-3-5-4-2;1-2/h2*3-4H2,1-2H3;1-2H. The summed E-state index contributed by atoms with van der Waals surface area (Å²) in [5.74, 6) is 0. The van der Waals surface area contributed by atoms with E-state index in [0.29, 0.717) is 0 Å². The molecule has 0 bridgehead atoms. The first kappa shape index (κ1) is 17.5. The van der Waals surface area contributed by atoms with Gasteiger partial charge < -0.3 is 9.47 Å². The van der Waals surface area contributed by atoms with Crippen LogP contribution in [0.2, 0.25) is 0 Å². The van der Waals surface area contributed by atoms with Crippen LogP contribution in [0.5, 0.6) is 0 Å². The lowest BCUT2D eigenvalue weighted by atomic mass is 10.8. The minimum absolute atomic E-state index is 0.844. The van der Waals surface area contributed by atoms with Crippen molar-refractivity contribution in [1.82, 2.24) is 0 Å². The number of ether oxygens (including phenoxy) is 2. The largest absolute Gasteiger partial charge is 0.382 e. The molecule has 0 amide bonds. The van der Waals surface area contributed by atoms with E-state index in [9.17, 15) is 0 Å². The van der Waals surface area contributed by atoms with Crippen LogP contribution in [0.1, 0.15) is 27.7 Å². The summed E-state index contributed by atoms with van der Waals surface area (Å²) in [6.45, 7) is 11.3. The second-order valence-corrected chi connectivity index (χ2v) is 1.56. The zero-order valence-corrected chi connectivity index (χ0v) is 8.80. The maximum atomic E-state index is 4.83. The van der Waals surface area contributed by atoms with Gasteiger partial charge in [-0.1, -0.05) is 0 Å². The maximum absolute atomic E-state index is 4.83. The smallest absolute Gasteiger partial charge is 0.0437 e. The van der Waals surface area contributed by atoms with Gasteiger partial charge in [-0.2, -0.15) is 0 Å². The topological polar surface area (TPSA) is 18.5 Å². The van der Waals surface area contributed by atoms with Gasteiger partial charge in [-0.25, -0.2) is 0 Å². The normalized spacial score (nSPS) is 7.17. The quantitative estimate of drug-likeness (QED) is 0.609. The van der Waals surface area contributed by atoms with Crippen molar-refractivity contribution >= 4 is 0 Å². The van der Waals surface area contributed by atoms with Crippen LogP contribution in [0.3, 0.4) is 0 Å². The predicted octanol–water partition coefficient (Wildman–Crippen LogP) is 2.33. The van der Waals surface area contributed by atoms with Crippen molar-refractivity contribution in [3.63, 3.8) is 0 Å². The van der Waals surface area contributed by atoms with Crippen molar-refractivity contribution in [3.8, 4) is 12.8 Å². The summed E-state index contributed by atoms with van der Waals surface area (Å²) >= 11 is 0. The Morgan fingerprint density at radius 2 is 0.833 bits per heavy atom. The van der Waals surface area contributed by atoms with E-state index < -0.39 is 0 Å². The summed E-state index contributed by atoms with van der Waals surface area (Å²) < 4.78 is 9.67. The number of hydrogen-bond acceptors (Lipinski definition) is 2.